The standard InChI is InChI=1S/C37H22N4/c1-2-5-26(6-3-1)41-33-21-25-11-13-28-27(32-8-4-7-31(40-32)23-15-18-38-19-16-23)12-9-24-10-14-30(36(25)35(24)28)37(33)29-17-20-39-22-34(29)41/h1-22H. The molecule has 4 heterocycles. The third kappa shape index (κ3) is 3.19. The SMILES string of the molecule is c1ccc(-n2c3cnccc3c3c4ccc5ccc(-c6cccc(-c7ccncc7)n6)c6ccc(cc32)c4c56)cc1. The molecule has 0 spiro atoms. The summed E-state index contributed by atoms with van der Waals surface area (Å²) in [6.07, 6.45) is 7.50. The van der Waals surface area contributed by atoms with E-state index in [2.05, 4.69) is 112 Å². The van der Waals surface area contributed by atoms with Gasteiger partial charge in [-0.05, 0) is 80.8 Å². The Hall–Kier alpha value is -5.61. The Morgan fingerprint density at radius 1 is 0.488 bits per heavy atom. The third-order valence-electron chi connectivity index (χ3n) is 8.33. The molecule has 9 aromatic rings. The number of para-hydroxylation sites is 1. The van der Waals surface area contributed by atoms with Gasteiger partial charge in [0, 0.05) is 46.2 Å². The molecule has 190 valence electrons. The predicted octanol–water partition coefficient (Wildman–Crippen LogP) is 9.20. The summed E-state index contributed by atoms with van der Waals surface area (Å²) in [6, 6.07) is 38.9. The molecule has 0 N–H and O–H groups in total. The van der Waals surface area contributed by atoms with Crippen LogP contribution in [0.4, 0.5) is 0 Å². The van der Waals surface area contributed by atoms with E-state index in [1.807, 2.05) is 36.9 Å². The van der Waals surface area contributed by atoms with Crippen LogP contribution in [0.25, 0.3) is 82.3 Å². The van der Waals surface area contributed by atoms with Crippen LogP contribution < -0.4 is 0 Å². The Labute approximate surface area is 235 Å². The zero-order valence-corrected chi connectivity index (χ0v) is 22.0. The molecular weight excluding hydrogens is 500 g/mol. The van der Waals surface area contributed by atoms with Crippen molar-refractivity contribution in [2.75, 3.05) is 0 Å². The number of pyridine rings is 3. The van der Waals surface area contributed by atoms with Crippen LogP contribution in [-0.4, -0.2) is 19.5 Å². The van der Waals surface area contributed by atoms with E-state index in [1.165, 1.54) is 48.6 Å². The largest absolute Gasteiger partial charge is 0.308 e. The van der Waals surface area contributed by atoms with Crippen LogP contribution in [0.15, 0.2) is 134 Å². The average molecular weight is 523 g/mol. The van der Waals surface area contributed by atoms with Crippen LogP contribution >= 0.6 is 0 Å². The van der Waals surface area contributed by atoms with E-state index in [9.17, 15) is 0 Å². The first-order valence-electron chi connectivity index (χ1n) is 13.8. The van der Waals surface area contributed by atoms with Gasteiger partial charge in [-0.1, -0.05) is 60.7 Å². The summed E-state index contributed by atoms with van der Waals surface area (Å²) >= 11 is 0. The highest BCUT2D eigenvalue weighted by Gasteiger charge is 2.19. The molecule has 0 radical (unpaired) electrons. The Morgan fingerprint density at radius 3 is 2.15 bits per heavy atom. The van der Waals surface area contributed by atoms with Crippen molar-refractivity contribution in [3.05, 3.63) is 134 Å². The lowest BCUT2D eigenvalue weighted by Gasteiger charge is -2.16. The van der Waals surface area contributed by atoms with E-state index in [0.717, 1.165) is 33.7 Å². The maximum Gasteiger partial charge on any atom is 0.0724 e. The van der Waals surface area contributed by atoms with E-state index in [-0.39, 0.29) is 0 Å². The number of hydrogen-bond donors (Lipinski definition) is 0. The minimum Gasteiger partial charge on any atom is -0.308 e. The van der Waals surface area contributed by atoms with Crippen LogP contribution in [0.5, 0.6) is 0 Å². The Morgan fingerprint density at radius 2 is 1.24 bits per heavy atom. The molecule has 0 aliphatic rings. The van der Waals surface area contributed by atoms with Crippen LogP contribution in [0.3, 0.4) is 0 Å². The molecule has 0 saturated carbocycles. The van der Waals surface area contributed by atoms with E-state index in [0.29, 0.717) is 0 Å². The molecule has 0 aliphatic carbocycles. The van der Waals surface area contributed by atoms with Gasteiger partial charge in [-0.3, -0.25) is 9.97 Å². The van der Waals surface area contributed by atoms with Crippen LogP contribution in [-0.2, 0) is 0 Å². The second kappa shape index (κ2) is 8.44. The molecule has 0 unspecified atom stereocenters. The zero-order chi connectivity index (χ0) is 26.9. The van der Waals surface area contributed by atoms with E-state index >= 15 is 0 Å². The molecule has 41 heavy (non-hydrogen) atoms. The van der Waals surface area contributed by atoms with Gasteiger partial charge in [0.2, 0.25) is 0 Å². The number of aromatic nitrogens is 4. The number of benzene rings is 5. The minimum atomic E-state index is 0.944. The average Bonchev–Trinajstić information content (AvgIpc) is 3.38. The van der Waals surface area contributed by atoms with Gasteiger partial charge < -0.3 is 4.57 Å². The van der Waals surface area contributed by atoms with Gasteiger partial charge in [-0.25, -0.2) is 4.98 Å². The lowest BCUT2D eigenvalue weighted by atomic mass is 9.89. The quantitative estimate of drug-likeness (QED) is 0.217. The van der Waals surface area contributed by atoms with Crippen molar-refractivity contribution in [3.8, 4) is 28.2 Å². The normalized spacial score (nSPS) is 11.9. The fourth-order valence-electron chi connectivity index (χ4n) is 6.57. The van der Waals surface area contributed by atoms with Gasteiger partial charge in [0.25, 0.3) is 0 Å². The summed E-state index contributed by atoms with van der Waals surface area (Å²) in [5, 5.41) is 9.99. The molecule has 0 aliphatic heterocycles. The smallest absolute Gasteiger partial charge is 0.0724 e. The highest BCUT2D eigenvalue weighted by atomic mass is 15.0. The van der Waals surface area contributed by atoms with Crippen LogP contribution in [0.1, 0.15) is 0 Å². The van der Waals surface area contributed by atoms with E-state index in [4.69, 9.17) is 4.98 Å². The topological polar surface area (TPSA) is 43.6 Å². The highest BCUT2D eigenvalue weighted by Crippen LogP contribution is 2.44. The van der Waals surface area contributed by atoms with Crippen LogP contribution in [0.2, 0.25) is 0 Å². The van der Waals surface area contributed by atoms with Crippen LogP contribution in [0, 0.1) is 0 Å². The molecule has 4 aromatic heterocycles. The number of hydrogen-bond acceptors (Lipinski definition) is 3. The first-order chi connectivity index (χ1) is 20.3. The van der Waals surface area contributed by atoms with Crippen molar-refractivity contribution in [2.24, 2.45) is 0 Å². The van der Waals surface area contributed by atoms with Gasteiger partial charge in [0.05, 0.1) is 28.6 Å². The molecule has 5 aromatic carbocycles. The van der Waals surface area contributed by atoms with Gasteiger partial charge in [0.1, 0.15) is 0 Å². The zero-order valence-electron chi connectivity index (χ0n) is 22.0. The predicted molar refractivity (Wildman–Crippen MR) is 169 cm³/mol. The molecule has 0 atom stereocenters. The molecule has 0 fully saturated rings. The summed E-state index contributed by atoms with van der Waals surface area (Å²) in [5.74, 6) is 0. The van der Waals surface area contributed by atoms with Gasteiger partial charge in [-0.2, -0.15) is 0 Å². The maximum atomic E-state index is 5.09. The lowest BCUT2D eigenvalue weighted by Crippen LogP contribution is -1.94. The number of rotatable bonds is 3. The van der Waals surface area contributed by atoms with Crippen molar-refractivity contribution in [1.82, 2.24) is 19.5 Å². The fourth-order valence-corrected chi connectivity index (χ4v) is 6.57. The Bertz CT molecular complexity index is 2410. The summed E-state index contributed by atoms with van der Waals surface area (Å²) in [5.41, 5.74) is 7.55. The molecule has 4 heteroatoms. The molecule has 0 amide bonds. The van der Waals surface area contributed by atoms with E-state index in [1.54, 1.807) is 0 Å². The van der Waals surface area contributed by atoms with Gasteiger partial charge in [0.15, 0.2) is 0 Å². The lowest BCUT2D eigenvalue weighted by molar-refractivity contribution is 1.17. The van der Waals surface area contributed by atoms with Gasteiger partial charge >= 0.3 is 0 Å². The Kier molecular flexibility index (Phi) is 4.58. The summed E-state index contributed by atoms with van der Waals surface area (Å²) < 4.78 is 2.34. The fraction of sp³-hybridized carbons (Fsp3) is 0. The number of nitrogens with zero attached hydrogens (tertiary/aromatic N) is 4. The Balaban J connectivity index is 1.37. The summed E-state index contributed by atoms with van der Waals surface area (Å²) in [6.45, 7) is 0. The van der Waals surface area contributed by atoms with Gasteiger partial charge in [-0.15, -0.1) is 0 Å². The van der Waals surface area contributed by atoms with E-state index < -0.39 is 0 Å². The second-order valence-electron chi connectivity index (χ2n) is 10.5. The molecule has 9 rings (SSSR count). The van der Waals surface area contributed by atoms with Crippen molar-refractivity contribution in [1.29, 1.82) is 0 Å². The highest BCUT2D eigenvalue weighted by molar-refractivity contribution is 6.33. The first-order valence-corrected chi connectivity index (χ1v) is 13.8. The molecule has 0 bridgehead atoms. The van der Waals surface area contributed by atoms with Crippen molar-refractivity contribution in [2.45, 2.75) is 0 Å². The summed E-state index contributed by atoms with van der Waals surface area (Å²) in [4.78, 5) is 13.8. The molecular formula is C37H22N4. The van der Waals surface area contributed by atoms with Crippen molar-refractivity contribution in [3.63, 3.8) is 0 Å². The third-order valence-corrected chi connectivity index (χ3v) is 8.33. The number of fused-ring (bicyclic) bond motifs is 4. The van der Waals surface area contributed by atoms with Crippen molar-refractivity contribution < 1.29 is 0 Å². The monoisotopic (exact) mass is 522 g/mol. The van der Waals surface area contributed by atoms with Crippen molar-refractivity contribution >= 4 is 54.1 Å². The first kappa shape index (κ1) is 22.2. The molecule has 0 saturated heterocycles. The maximum absolute atomic E-state index is 5.09. The molecule has 4 nitrogen and oxygen atoms in total. The second-order valence-corrected chi connectivity index (χ2v) is 10.5. The summed E-state index contributed by atoms with van der Waals surface area (Å²) in [7, 11) is 0. The minimum absolute atomic E-state index is 0.944.